The first-order valence-corrected chi connectivity index (χ1v) is 7.42. The molecule has 0 unspecified atom stereocenters. The van der Waals surface area contributed by atoms with Gasteiger partial charge in [0.25, 0.3) is 0 Å². The van der Waals surface area contributed by atoms with E-state index in [2.05, 4.69) is 10.3 Å². The standard InChI is InChI=1S/C15H8ClF3N2S/c16-10-6-9(2-4-11(10)17)20-15-21-14(7-22-15)8-1-3-12(18)13(19)5-8/h1-7H,(H,20,21). The van der Waals surface area contributed by atoms with Gasteiger partial charge in [-0.05, 0) is 36.4 Å². The number of thiazole rings is 1. The molecule has 1 aromatic heterocycles. The molecule has 0 spiro atoms. The lowest BCUT2D eigenvalue weighted by Crippen LogP contribution is -1.91. The van der Waals surface area contributed by atoms with Crippen molar-refractivity contribution in [2.45, 2.75) is 0 Å². The minimum atomic E-state index is -0.926. The van der Waals surface area contributed by atoms with Gasteiger partial charge in [0, 0.05) is 16.6 Å². The SMILES string of the molecule is Fc1ccc(-c2csc(Nc3ccc(F)c(Cl)c3)n2)cc1F. The lowest BCUT2D eigenvalue weighted by Gasteiger charge is -2.03. The maximum atomic E-state index is 13.2. The number of halogens is 4. The van der Waals surface area contributed by atoms with Crippen molar-refractivity contribution in [3.05, 3.63) is 64.3 Å². The number of hydrogen-bond donors (Lipinski definition) is 1. The Kier molecular flexibility index (Phi) is 4.04. The highest BCUT2D eigenvalue weighted by atomic mass is 35.5. The predicted molar refractivity (Wildman–Crippen MR) is 82.2 cm³/mol. The van der Waals surface area contributed by atoms with Crippen molar-refractivity contribution >= 4 is 33.8 Å². The van der Waals surface area contributed by atoms with E-state index in [-0.39, 0.29) is 5.02 Å². The average molecular weight is 341 g/mol. The number of hydrogen-bond acceptors (Lipinski definition) is 3. The van der Waals surface area contributed by atoms with Crippen LogP contribution in [0, 0.1) is 17.5 Å². The van der Waals surface area contributed by atoms with Crippen LogP contribution in [-0.2, 0) is 0 Å². The third-order valence-electron chi connectivity index (χ3n) is 2.89. The highest BCUT2D eigenvalue weighted by Gasteiger charge is 2.09. The summed E-state index contributed by atoms with van der Waals surface area (Å²) >= 11 is 6.99. The number of nitrogens with zero attached hydrogens (tertiary/aromatic N) is 1. The molecule has 3 rings (SSSR count). The average Bonchev–Trinajstić information content (AvgIpc) is 2.94. The van der Waals surface area contributed by atoms with Crippen molar-refractivity contribution in [2.24, 2.45) is 0 Å². The van der Waals surface area contributed by atoms with Gasteiger partial charge in [-0.15, -0.1) is 11.3 Å². The molecule has 0 amide bonds. The molecule has 0 aliphatic heterocycles. The smallest absolute Gasteiger partial charge is 0.187 e. The molecule has 1 N–H and O–H groups in total. The Morgan fingerprint density at radius 3 is 2.45 bits per heavy atom. The van der Waals surface area contributed by atoms with E-state index in [0.29, 0.717) is 22.1 Å². The van der Waals surface area contributed by atoms with E-state index in [1.807, 2.05) is 0 Å². The second-order valence-electron chi connectivity index (χ2n) is 4.42. The molecule has 2 nitrogen and oxygen atoms in total. The summed E-state index contributed by atoms with van der Waals surface area (Å²) in [5.41, 5.74) is 1.57. The van der Waals surface area contributed by atoms with Crippen molar-refractivity contribution in [1.82, 2.24) is 4.98 Å². The number of aromatic nitrogens is 1. The van der Waals surface area contributed by atoms with Crippen molar-refractivity contribution in [2.75, 3.05) is 5.32 Å². The van der Waals surface area contributed by atoms with Crippen LogP contribution in [0.1, 0.15) is 0 Å². The van der Waals surface area contributed by atoms with Gasteiger partial charge < -0.3 is 5.32 Å². The number of benzene rings is 2. The van der Waals surface area contributed by atoms with Gasteiger partial charge in [0.15, 0.2) is 16.8 Å². The van der Waals surface area contributed by atoms with Crippen molar-refractivity contribution < 1.29 is 13.2 Å². The second-order valence-corrected chi connectivity index (χ2v) is 5.69. The fraction of sp³-hybridized carbons (Fsp3) is 0. The van der Waals surface area contributed by atoms with E-state index in [1.165, 1.54) is 35.6 Å². The Balaban J connectivity index is 1.84. The third-order valence-corrected chi connectivity index (χ3v) is 3.94. The highest BCUT2D eigenvalue weighted by Crippen LogP contribution is 2.29. The van der Waals surface area contributed by atoms with Crippen LogP contribution in [0.25, 0.3) is 11.3 Å². The lowest BCUT2D eigenvalue weighted by molar-refractivity contribution is 0.509. The van der Waals surface area contributed by atoms with Gasteiger partial charge in [-0.2, -0.15) is 0 Å². The molecule has 2 aromatic carbocycles. The third kappa shape index (κ3) is 3.08. The van der Waals surface area contributed by atoms with Gasteiger partial charge in [0.1, 0.15) is 5.82 Å². The summed E-state index contributed by atoms with van der Waals surface area (Å²) in [6, 6.07) is 7.80. The van der Waals surface area contributed by atoms with E-state index >= 15 is 0 Å². The number of anilines is 2. The molecule has 112 valence electrons. The minimum absolute atomic E-state index is 0.00221. The summed E-state index contributed by atoms with van der Waals surface area (Å²) in [5, 5.41) is 5.22. The van der Waals surface area contributed by atoms with Crippen LogP contribution in [0.15, 0.2) is 41.8 Å². The van der Waals surface area contributed by atoms with Gasteiger partial charge in [-0.1, -0.05) is 11.6 Å². The first kappa shape index (κ1) is 14.9. The Labute approximate surface area is 133 Å². The van der Waals surface area contributed by atoms with Gasteiger partial charge in [0.05, 0.1) is 10.7 Å². The normalized spacial score (nSPS) is 10.7. The molecule has 0 atom stereocenters. The molecule has 0 aliphatic carbocycles. The molecule has 22 heavy (non-hydrogen) atoms. The van der Waals surface area contributed by atoms with Gasteiger partial charge in [-0.3, -0.25) is 0 Å². The second kappa shape index (κ2) is 5.98. The van der Waals surface area contributed by atoms with Crippen LogP contribution in [0.4, 0.5) is 24.0 Å². The van der Waals surface area contributed by atoms with Gasteiger partial charge in [0.2, 0.25) is 0 Å². The molecule has 7 heteroatoms. The summed E-state index contributed by atoms with van der Waals surface area (Å²) < 4.78 is 39.3. The maximum Gasteiger partial charge on any atom is 0.187 e. The molecule has 0 saturated heterocycles. The van der Waals surface area contributed by atoms with Crippen LogP contribution in [0.2, 0.25) is 5.02 Å². The lowest BCUT2D eigenvalue weighted by atomic mass is 10.2. The Morgan fingerprint density at radius 1 is 0.955 bits per heavy atom. The van der Waals surface area contributed by atoms with Crippen LogP contribution in [0.3, 0.4) is 0 Å². The minimum Gasteiger partial charge on any atom is -0.331 e. The van der Waals surface area contributed by atoms with Gasteiger partial charge in [-0.25, -0.2) is 18.2 Å². The summed E-state index contributed by atoms with van der Waals surface area (Å²) in [7, 11) is 0. The zero-order valence-electron chi connectivity index (χ0n) is 10.9. The zero-order chi connectivity index (χ0) is 15.7. The molecular formula is C15H8ClF3N2S. The first-order valence-electron chi connectivity index (χ1n) is 6.16. The van der Waals surface area contributed by atoms with Crippen LogP contribution in [-0.4, -0.2) is 4.98 Å². The highest BCUT2D eigenvalue weighted by molar-refractivity contribution is 7.14. The van der Waals surface area contributed by atoms with Crippen molar-refractivity contribution in [1.29, 1.82) is 0 Å². The fourth-order valence-electron chi connectivity index (χ4n) is 1.82. The van der Waals surface area contributed by atoms with Gasteiger partial charge >= 0.3 is 0 Å². The zero-order valence-corrected chi connectivity index (χ0v) is 12.5. The van der Waals surface area contributed by atoms with E-state index in [9.17, 15) is 13.2 Å². The fourth-order valence-corrected chi connectivity index (χ4v) is 2.74. The summed E-state index contributed by atoms with van der Waals surface area (Å²) in [6.07, 6.45) is 0. The Hall–Kier alpha value is -2.05. The molecule has 0 saturated carbocycles. The van der Waals surface area contributed by atoms with E-state index in [1.54, 1.807) is 5.38 Å². The number of nitrogens with one attached hydrogen (secondary N) is 1. The quantitative estimate of drug-likeness (QED) is 0.669. The molecule has 0 aliphatic rings. The molecule has 1 heterocycles. The molecule has 0 bridgehead atoms. The van der Waals surface area contributed by atoms with E-state index in [4.69, 9.17) is 11.6 Å². The topological polar surface area (TPSA) is 24.9 Å². The first-order chi connectivity index (χ1) is 10.5. The van der Waals surface area contributed by atoms with Crippen LogP contribution >= 0.6 is 22.9 Å². The molecule has 3 aromatic rings. The largest absolute Gasteiger partial charge is 0.331 e. The molecule has 0 radical (unpaired) electrons. The van der Waals surface area contributed by atoms with Crippen molar-refractivity contribution in [3.63, 3.8) is 0 Å². The van der Waals surface area contributed by atoms with Crippen molar-refractivity contribution in [3.8, 4) is 11.3 Å². The Bertz CT molecular complexity index is 835. The molecular weight excluding hydrogens is 333 g/mol. The Morgan fingerprint density at radius 2 is 1.73 bits per heavy atom. The summed E-state index contributed by atoms with van der Waals surface area (Å²) in [4.78, 5) is 4.28. The maximum absolute atomic E-state index is 13.2. The van der Waals surface area contributed by atoms with E-state index in [0.717, 1.165) is 12.1 Å². The summed E-state index contributed by atoms with van der Waals surface area (Å²) in [6.45, 7) is 0. The van der Waals surface area contributed by atoms with Crippen LogP contribution in [0.5, 0.6) is 0 Å². The van der Waals surface area contributed by atoms with E-state index < -0.39 is 17.5 Å². The molecule has 0 fully saturated rings. The van der Waals surface area contributed by atoms with Crippen LogP contribution < -0.4 is 5.32 Å². The predicted octanol–water partition coefficient (Wildman–Crippen LogP) is 5.62. The number of rotatable bonds is 3. The monoisotopic (exact) mass is 340 g/mol. The summed E-state index contributed by atoms with van der Waals surface area (Å²) in [5.74, 6) is -2.34.